The molecule has 1 aromatic carbocycles. The summed E-state index contributed by atoms with van der Waals surface area (Å²) in [6.45, 7) is 4.31. The van der Waals surface area contributed by atoms with Crippen LogP contribution in [0.5, 0.6) is 5.75 Å². The number of hydrogen-bond donors (Lipinski definition) is 1. The number of morpholine rings is 1. The predicted molar refractivity (Wildman–Crippen MR) is 93.3 cm³/mol. The summed E-state index contributed by atoms with van der Waals surface area (Å²) in [5.41, 5.74) is 0.461. The van der Waals surface area contributed by atoms with Crippen molar-refractivity contribution in [1.82, 2.24) is 10.2 Å². The van der Waals surface area contributed by atoms with E-state index >= 15 is 0 Å². The summed E-state index contributed by atoms with van der Waals surface area (Å²) in [7, 11) is -3.49. The topological polar surface area (TPSA) is 88.2 Å². The first kappa shape index (κ1) is 18.0. The maximum Gasteiger partial charge on any atom is 0.263 e. The third-order valence-electron chi connectivity index (χ3n) is 4.26. The average molecular weight is 369 g/mol. The van der Waals surface area contributed by atoms with Crippen LogP contribution in [0.4, 0.5) is 5.69 Å². The van der Waals surface area contributed by atoms with Gasteiger partial charge in [0, 0.05) is 26.2 Å². The summed E-state index contributed by atoms with van der Waals surface area (Å²) in [4.78, 5) is 14.6. The third kappa shape index (κ3) is 4.42. The number of benzene rings is 1. The van der Waals surface area contributed by atoms with Crippen LogP contribution in [-0.4, -0.2) is 77.5 Å². The van der Waals surface area contributed by atoms with Crippen LogP contribution in [0, 0.1) is 0 Å². The van der Waals surface area contributed by atoms with Gasteiger partial charge in [0.25, 0.3) is 5.91 Å². The molecule has 8 nitrogen and oxygen atoms in total. The van der Waals surface area contributed by atoms with Crippen molar-refractivity contribution in [2.75, 3.05) is 56.5 Å². The van der Waals surface area contributed by atoms with Crippen LogP contribution in [0.25, 0.3) is 0 Å². The van der Waals surface area contributed by atoms with Gasteiger partial charge in [-0.25, -0.2) is 8.42 Å². The second-order valence-electron chi connectivity index (χ2n) is 6.11. The van der Waals surface area contributed by atoms with Crippen molar-refractivity contribution in [3.63, 3.8) is 0 Å². The number of carbonyl (C=O) groups excluding carboxylic acids is 1. The van der Waals surface area contributed by atoms with Crippen LogP contribution in [0.15, 0.2) is 24.3 Å². The normalized spacial score (nSPS) is 21.3. The third-order valence-corrected chi connectivity index (χ3v) is 5.40. The number of nitrogens with one attached hydrogen (secondary N) is 1. The first-order chi connectivity index (χ1) is 11.9. The molecule has 1 aromatic rings. The number of nitrogens with zero attached hydrogens (tertiary/aromatic N) is 2. The molecule has 0 spiro atoms. The van der Waals surface area contributed by atoms with Crippen molar-refractivity contribution >= 4 is 21.6 Å². The van der Waals surface area contributed by atoms with E-state index in [0.29, 0.717) is 31.2 Å². The van der Waals surface area contributed by atoms with Crippen LogP contribution in [0.2, 0.25) is 0 Å². The fourth-order valence-corrected chi connectivity index (χ4v) is 3.84. The van der Waals surface area contributed by atoms with Crippen molar-refractivity contribution in [2.24, 2.45) is 0 Å². The largest absolute Gasteiger partial charge is 0.476 e. The molecular formula is C16H23N3O5S. The van der Waals surface area contributed by atoms with Crippen LogP contribution in [-0.2, 0) is 19.6 Å². The zero-order valence-electron chi connectivity index (χ0n) is 14.2. The zero-order chi connectivity index (χ0) is 17.9. The summed E-state index contributed by atoms with van der Waals surface area (Å²) in [6, 6.07) is 6.82. The van der Waals surface area contributed by atoms with Crippen molar-refractivity contribution in [3.05, 3.63) is 24.3 Å². The number of rotatable bonds is 5. The Morgan fingerprint density at radius 2 is 2.00 bits per heavy atom. The molecule has 0 aromatic heterocycles. The van der Waals surface area contributed by atoms with E-state index in [2.05, 4.69) is 10.2 Å². The van der Waals surface area contributed by atoms with E-state index in [9.17, 15) is 13.2 Å². The van der Waals surface area contributed by atoms with Gasteiger partial charge in [-0.1, -0.05) is 12.1 Å². The molecule has 2 heterocycles. The molecule has 1 saturated heterocycles. The van der Waals surface area contributed by atoms with Crippen molar-refractivity contribution < 1.29 is 22.7 Å². The van der Waals surface area contributed by atoms with Crippen molar-refractivity contribution in [2.45, 2.75) is 6.10 Å². The molecule has 1 amide bonds. The number of hydrogen-bond acceptors (Lipinski definition) is 6. The first-order valence-electron chi connectivity index (χ1n) is 8.26. The Bertz CT molecular complexity index is 718. The molecule has 1 N–H and O–H groups in total. The van der Waals surface area contributed by atoms with Gasteiger partial charge in [-0.15, -0.1) is 0 Å². The molecule has 1 unspecified atom stereocenters. The molecule has 9 heteroatoms. The molecule has 2 aliphatic rings. The monoisotopic (exact) mass is 369 g/mol. The number of carbonyl (C=O) groups is 1. The lowest BCUT2D eigenvalue weighted by Gasteiger charge is -2.34. The summed E-state index contributed by atoms with van der Waals surface area (Å²) in [5, 5.41) is 2.83. The van der Waals surface area contributed by atoms with Gasteiger partial charge in [-0.2, -0.15) is 0 Å². The standard InChI is InChI=1S/C16H23N3O5S/c1-25(21,22)19-12-15(24-14-5-3-2-4-13(14)19)16(20)17-6-7-18-8-10-23-11-9-18/h2-5,15H,6-12H2,1H3,(H,17,20). The van der Waals surface area contributed by atoms with Crippen LogP contribution < -0.4 is 14.4 Å². The van der Waals surface area contributed by atoms with E-state index in [1.807, 2.05) is 0 Å². The SMILES string of the molecule is CS(=O)(=O)N1CC(C(=O)NCCN2CCOCC2)Oc2ccccc21. The molecule has 2 aliphatic heterocycles. The smallest absolute Gasteiger partial charge is 0.263 e. The molecule has 0 saturated carbocycles. The molecule has 1 fully saturated rings. The molecule has 0 radical (unpaired) electrons. The summed E-state index contributed by atoms with van der Waals surface area (Å²) < 4.78 is 36.3. The molecule has 3 rings (SSSR count). The van der Waals surface area contributed by atoms with Crippen LogP contribution >= 0.6 is 0 Å². The molecular weight excluding hydrogens is 346 g/mol. The van der Waals surface area contributed by atoms with Crippen molar-refractivity contribution in [3.8, 4) is 5.75 Å². The van der Waals surface area contributed by atoms with E-state index in [1.54, 1.807) is 24.3 Å². The lowest BCUT2D eigenvalue weighted by molar-refractivity contribution is -0.127. The number of amides is 1. The zero-order valence-corrected chi connectivity index (χ0v) is 15.0. The number of para-hydroxylation sites is 2. The Hall–Kier alpha value is -1.84. The highest BCUT2D eigenvalue weighted by Gasteiger charge is 2.34. The Labute approximate surface area is 147 Å². The van der Waals surface area contributed by atoms with Gasteiger partial charge in [0.2, 0.25) is 10.0 Å². The van der Waals surface area contributed by atoms with Crippen LogP contribution in [0.3, 0.4) is 0 Å². The van der Waals surface area contributed by atoms with E-state index in [1.165, 1.54) is 4.31 Å². The molecule has 25 heavy (non-hydrogen) atoms. The number of anilines is 1. The predicted octanol–water partition coefficient (Wildman–Crippen LogP) is -0.338. The Morgan fingerprint density at radius 3 is 2.72 bits per heavy atom. The van der Waals surface area contributed by atoms with Gasteiger partial charge < -0.3 is 14.8 Å². The van der Waals surface area contributed by atoms with E-state index in [-0.39, 0.29) is 12.5 Å². The molecule has 0 aliphatic carbocycles. The number of fused-ring (bicyclic) bond motifs is 1. The lowest BCUT2D eigenvalue weighted by atomic mass is 10.2. The average Bonchev–Trinajstić information content (AvgIpc) is 2.60. The summed E-state index contributed by atoms with van der Waals surface area (Å²) in [6.07, 6.45) is 0.261. The maximum absolute atomic E-state index is 12.4. The second kappa shape index (κ2) is 7.59. The van der Waals surface area contributed by atoms with Gasteiger partial charge in [0.15, 0.2) is 6.10 Å². The molecule has 138 valence electrons. The van der Waals surface area contributed by atoms with Gasteiger partial charge >= 0.3 is 0 Å². The lowest BCUT2D eigenvalue weighted by Crippen LogP contribution is -2.51. The Morgan fingerprint density at radius 1 is 1.28 bits per heavy atom. The highest BCUT2D eigenvalue weighted by molar-refractivity contribution is 7.92. The molecule has 0 bridgehead atoms. The maximum atomic E-state index is 12.4. The van der Waals surface area contributed by atoms with Crippen molar-refractivity contribution in [1.29, 1.82) is 0 Å². The van der Waals surface area contributed by atoms with Gasteiger partial charge in [-0.05, 0) is 12.1 Å². The summed E-state index contributed by atoms with van der Waals surface area (Å²) in [5.74, 6) is 0.0870. The summed E-state index contributed by atoms with van der Waals surface area (Å²) >= 11 is 0. The highest BCUT2D eigenvalue weighted by Crippen LogP contribution is 2.34. The Kier molecular flexibility index (Phi) is 5.45. The first-order valence-corrected chi connectivity index (χ1v) is 10.1. The minimum Gasteiger partial charge on any atom is -0.476 e. The quantitative estimate of drug-likeness (QED) is 0.764. The number of ether oxygens (including phenoxy) is 2. The van der Waals surface area contributed by atoms with Gasteiger partial charge in [0.1, 0.15) is 5.75 Å². The van der Waals surface area contributed by atoms with E-state index in [4.69, 9.17) is 9.47 Å². The molecule has 1 atom stereocenters. The Balaban J connectivity index is 1.61. The second-order valence-corrected chi connectivity index (χ2v) is 8.02. The van der Waals surface area contributed by atoms with Gasteiger partial charge in [-0.3, -0.25) is 14.0 Å². The minimum atomic E-state index is -3.49. The van der Waals surface area contributed by atoms with E-state index in [0.717, 1.165) is 25.9 Å². The fraction of sp³-hybridized carbons (Fsp3) is 0.562. The highest BCUT2D eigenvalue weighted by atomic mass is 32.2. The fourth-order valence-electron chi connectivity index (χ4n) is 2.93. The van der Waals surface area contributed by atoms with Crippen LogP contribution in [0.1, 0.15) is 0 Å². The van der Waals surface area contributed by atoms with E-state index < -0.39 is 16.1 Å². The number of sulfonamides is 1. The van der Waals surface area contributed by atoms with Gasteiger partial charge in [0.05, 0.1) is 31.7 Å². The minimum absolute atomic E-state index is 0.0285.